The van der Waals surface area contributed by atoms with E-state index in [1.807, 2.05) is 0 Å². The lowest BCUT2D eigenvalue weighted by atomic mass is 10.2. The predicted molar refractivity (Wildman–Crippen MR) is 60.7 cm³/mol. The molecule has 18 heavy (non-hydrogen) atoms. The molecule has 0 amide bonds. The molecule has 0 bridgehead atoms. The molecule has 0 radical (unpaired) electrons. The number of alkyl halides is 2. The first-order valence-corrected chi connectivity index (χ1v) is 4.95. The Bertz CT molecular complexity index is 444. The number of carbonyl (C=O) groups excluding carboxylic acids is 1. The van der Waals surface area contributed by atoms with Gasteiger partial charge in [-0.05, 0) is 23.8 Å². The minimum absolute atomic E-state index is 0.0669. The second-order valence-electron chi connectivity index (χ2n) is 3.15. The van der Waals surface area contributed by atoms with Gasteiger partial charge in [-0.1, -0.05) is 6.07 Å². The Balaban J connectivity index is 2.91. The van der Waals surface area contributed by atoms with E-state index in [0.29, 0.717) is 5.56 Å². The third-order valence-electron chi connectivity index (χ3n) is 2.02. The lowest BCUT2D eigenvalue weighted by Crippen LogP contribution is -2.03. The van der Waals surface area contributed by atoms with Gasteiger partial charge < -0.3 is 14.2 Å². The first-order chi connectivity index (χ1) is 8.56. The first-order valence-electron chi connectivity index (χ1n) is 4.95. The van der Waals surface area contributed by atoms with Crippen molar-refractivity contribution in [2.75, 3.05) is 14.2 Å². The molecule has 4 nitrogen and oxygen atoms in total. The number of carbonyl (C=O) groups is 1. The third-order valence-corrected chi connectivity index (χ3v) is 2.02. The smallest absolute Gasteiger partial charge is 0.387 e. The van der Waals surface area contributed by atoms with Crippen molar-refractivity contribution in [3.05, 3.63) is 29.8 Å². The fourth-order valence-corrected chi connectivity index (χ4v) is 1.21. The second kappa shape index (κ2) is 6.58. The molecule has 0 aliphatic rings. The summed E-state index contributed by atoms with van der Waals surface area (Å²) >= 11 is 0. The van der Waals surface area contributed by atoms with Gasteiger partial charge in [-0.2, -0.15) is 8.78 Å². The molecule has 0 atom stereocenters. The van der Waals surface area contributed by atoms with Crippen LogP contribution >= 0.6 is 0 Å². The highest BCUT2D eigenvalue weighted by Gasteiger charge is 2.10. The zero-order valence-corrected chi connectivity index (χ0v) is 9.85. The molecule has 1 aromatic rings. The SMILES string of the molecule is COC(=O)/C=C/c1ccc(OC(F)F)c(OC)c1. The summed E-state index contributed by atoms with van der Waals surface area (Å²) in [5, 5.41) is 0. The monoisotopic (exact) mass is 258 g/mol. The molecule has 0 aromatic heterocycles. The van der Waals surface area contributed by atoms with Gasteiger partial charge in [-0.15, -0.1) is 0 Å². The third kappa shape index (κ3) is 4.04. The molecule has 98 valence electrons. The Morgan fingerprint density at radius 2 is 2.00 bits per heavy atom. The summed E-state index contributed by atoms with van der Waals surface area (Å²) in [6.07, 6.45) is 2.68. The molecule has 1 aromatic carbocycles. The van der Waals surface area contributed by atoms with E-state index < -0.39 is 12.6 Å². The molecule has 6 heteroatoms. The minimum Gasteiger partial charge on any atom is -0.493 e. The number of hydrogen-bond donors (Lipinski definition) is 0. The first kappa shape index (κ1) is 14.0. The molecule has 0 aliphatic carbocycles. The van der Waals surface area contributed by atoms with Crippen LogP contribution in [0.5, 0.6) is 11.5 Å². The molecule has 0 saturated heterocycles. The van der Waals surface area contributed by atoms with Crippen LogP contribution in [0.15, 0.2) is 24.3 Å². The zero-order valence-electron chi connectivity index (χ0n) is 9.85. The Hall–Kier alpha value is -2.11. The van der Waals surface area contributed by atoms with E-state index in [1.165, 1.54) is 44.6 Å². The van der Waals surface area contributed by atoms with Crippen molar-refractivity contribution in [3.63, 3.8) is 0 Å². The molecule has 0 aliphatic heterocycles. The lowest BCUT2D eigenvalue weighted by Gasteiger charge is -2.10. The maximum atomic E-state index is 12.1. The summed E-state index contributed by atoms with van der Waals surface area (Å²) in [4.78, 5) is 10.9. The van der Waals surface area contributed by atoms with Gasteiger partial charge in [0.05, 0.1) is 14.2 Å². The molecule has 0 saturated carbocycles. The predicted octanol–water partition coefficient (Wildman–Crippen LogP) is 2.48. The fourth-order valence-electron chi connectivity index (χ4n) is 1.21. The number of rotatable bonds is 5. The molecule has 0 spiro atoms. The van der Waals surface area contributed by atoms with Crippen LogP contribution in [-0.2, 0) is 9.53 Å². The largest absolute Gasteiger partial charge is 0.493 e. The van der Waals surface area contributed by atoms with E-state index in [1.54, 1.807) is 0 Å². The van der Waals surface area contributed by atoms with Gasteiger partial charge >= 0.3 is 12.6 Å². The van der Waals surface area contributed by atoms with Crippen molar-refractivity contribution in [1.29, 1.82) is 0 Å². The maximum Gasteiger partial charge on any atom is 0.387 e. The van der Waals surface area contributed by atoms with Gasteiger partial charge in [-0.3, -0.25) is 0 Å². The number of hydrogen-bond acceptors (Lipinski definition) is 4. The van der Waals surface area contributed by atoms with E-state index in [-0.39, 0.29) is 11.5 Å². The standard InChI is InChI=1S/C12H12F2O4/c1-16-10-7-8(4-6-11(15)17-2)3-5-9(10)18-12(13)14/h3-7,12H,1-2H3/b6-4+. The molecule has 0 fully saturated rings. The van der Waals surface area contributed by atoms with Crippen LogP contribution in [0.4, 0.5) is 8.78 Å². The van der Waals surface area contributed by atoms with Crippen molar-refractivity contribution in [1.82, 2.24) is 0 Å². The molecule has 0 heterocycles. The van der Waals surface area contributed by atoms with Crippen LogP contribution < -0.4 is 9.47 Å². The van der Waals surface area contributed by atoms with Gasteiger partial charge in [0.1, 0.15) is 0 Å². The Kier molecular flexibility index (Phi) is 5.10. The average Bonchev–Trinajstić information content (AvgIpc) is 2.36. The van der Waals surface area contributed by atoms with E-state index in [4.69, 9.17) is 4.74 Å². The number of halogens is 2. The zero-order chi connectivity index (χ0) is 13.5. The quantitative estimate of drug-likeness (QED) is 0.601. The molecular weight excluding hydrogens is 246 g/mol. The summed E-state index contributed by atoms with van der Waals surface area (Å²) in [5.74, 6) is -0.424. The van der Waals surface area contributed by atoms with E-state index in [2.05, 4.69) is 9.47 Å². The summed E-state index contributed by atoms with van der Waals surface area (Å²) in [6.45, 7) is -2.92. The van der Waals surface area contributed by atoms with Gasteiger partial charge in [0.15, 0.2) is 11.5 Å². The normalized spacial score (nSPS) is 10.7. The fraction of sp³-hybridized carbons (Fsp3) is 0.250. The highest BCUT2D eigenvalue weighted by atomic mass is 19.3. The van der Waals surface area contributed by atoms with Gasteiger partial charge in [0.2, 0.25) is 0 Å². The lowest BCUT2D eigenvalue weighted by molar-refractivity contribution is -0.134. The summed E-state index contributed by atoms with van der Waals surface area (Å²) in [5.41, 5.74) is 0.596. The summed E-state index contributed by atoms with van der Waals surface area (Å²) in [7, 11) is 2.59. The van der Waals surface area contributed by atoms with Crippen molar-refractivity contribution < 1.29 is 27.8 Å². The number of methoxy groups -OCH3 is 2. The van der Waals surface area contributed by atoms with Crippen LogP contribution in [0.3, 0.4) is 0 Å². The number of ether oxygens (including phenoxy) is 3. The molecule has 0 N–H and O–H groups in total. The molecule has 0 unspecified atom stereocenters. The summed E-state index contributed by atoms with van der Waals surface area (Å²) < 4.78 is 37.8. The minimum atomic E-state index is -2.92. The van der Waals surface area contributed by atoms with Crippen LogP contribution in [-0.4, -0.2) is 26.8 Å². The topological polar surface area (TPSA) is 44.8 Å². The Morgan fingerprint density at radius 3 is 2.56 bits per heavy atom. The second-order valence-corrected chi connectivity index (χ2v) is 3.15. The van der Waals surface area contributed by atoms with Gasteiger partial charge in [0.25, 0.3) is 0 Å². The Morgan fingerprint density at radius 1 is 1.28 bits per heavy atom. The molecule has 1 rings (SSSR count). The molecular formula is C12H12F2O4. The van der Waals surface area contributed by atoms with E-state index >= 15 is 0 Å². The number of benzene rings is 1. The van der Waals surface area contributed by atoms with Crippen molar-refractivity contribution in [3.8, 4) is 11.5 Å². The summed E-state index contributed by atoms with van der Waals surface area (Å²) in [6, 6.07) is 4.32. The average molecular weight is 258 g/mol. The van der Waals surface area contributed by atoms with E-state index in [9.17, 15) is 13.6 Å². The highest BCUT2D eigenvalue weighted by Crippen LogP contribution is 2.29. The van der Waals surface area contributed by atoms with Gasteiger partial charge in [0, 0.05) is 6.08 Å². The van der Waals surface area contributed by atoms with Crippen molar-refractivity contribution in [2.45, 2.75) is 6.61 Å². The van der Waals surface area contributed by atoms with Crippen LogP contribution in [0, 0.1) is 0 Å². The van der Waals surface area contributed by atoms with Crippen molar-refractivity contribution in [2.24, 2.45) is 0 Å². The Labute approximate surface area is 103 Å². The highest BCUT2D eigenvalue weighted by molar-refractivity contribution is 5.87. The number of esters is 1. The van der Waals surface area contributed by atoms with E-state index in [0.717, 1.165) is 0 Å². The maximum absolute atomic E-state index is 12.1. The van der Waals surface area contributed by atoms with Crippen LogP contribution in [0.2, 0.25) is 0 Å². The van der Waals surface area contributed by atoms with Crippen LogP contribution in [0.25, 0.3) is 6.08 Å². The van der Waals surface area contributed by atoms with Gasteiger partial charge in [-0.25, -0.2) is 4.79 Å². The van der Waals surface area contributed by atoms with Crippen LogP contribution in [0.1, 0.15) is 5.56 Å². The van der Waals surface area contributed by atoms with Crippen molar-refractivity contribution >= 4 is 12.0 Å².